The lowest BCUT2D eigenvalue weighted by molar-refractivity contribution is -0.121. The Morgan fingerprint density at radius 1 is 1.23 bits per heavy atom. The molecule has 2 rings (SSSR count). The van der Waals surface area contributed by atoms with Crippen molar-refractivity contribution in [1.82, 2.24) is 9.62 Å². The van der Waals surface area contributed by atoms with E-state index in [1.54, 1.807) is 11.4 Å². The Balaban J connectivity index is 1.97. The molecule has 0 aliphatic carbocycles. The third-order valence-corrected chi connectivity index (χ3v) is 6.38. The van der Waals surface area contributed by atoms with Crippen LogP contribution in [0.3, 0.4) is 0 Å². The van der Waals surface area contributed by atoms with Gasteiger partial charge >= 0.3 is 0 Å². The van der Waals surface area contributed by atoms with Crippen molar-refractivity contribution < 1.29 is 13.2 Å². The summed E-state index contributed by atoms with van der Waals surface area (Å²) in [5.74, 6) is -0.334. The lowest BCUT2D eigenvalue weighted by Gasteiger charge is -2.18. The van der Waals surface area contributed by atoms with Crippen LogP contribution in [0.2, 0.25) is 0 Å². The van der Waals surface area contributed by atoms with Crippen molar-refractivity contribution >= 4 is 27.3 Å². The smallest absolute Gasteiger partial charge is 0.252 e. The summed E-state index contributed by atoms with van der Waals surface area (Å²) >= 11 is 1.13. The number of carbonyl (C=O) groups is 1. The molecule has 1 aromatic heterocycles. The molecule has 1 N–H and O–H groups in total. The largest absolute Gasteiger partial charge is 0.348 e. The van der Waals surface area contributed by atoms with Gasteiger partial charge in [0.1, 0.15) is 4.21 Å². The normalized spacial score (nSPS) is 13.0. The molecule has 5 nitrogen and oxygen atoms in total. The standard InChI is InChI=1S/C15H18N2O3S2/c1-12(13-7-4-3-5-8-13)16-14(18)11-17(2)22(19,20)15-9-6-10-21-15/h3-10,12H,11H2,1-2H3,(H,16,18). The molecular weight excluding hydrogens is 320 g/mol. The van der Waals surface area contributed by atoms with Crippen LogP contribution in [0.4, 0.5) is 0 Å². The van der Waals surface area contributed by atoms with Crippen molar-refractivity contribution in [2.45, 2.75) is 17.2 Å². The van der Waals surface area contributed by atoms with Crippen LogP contribution in [0.25, 0.3) is 0 Å². The van der Waals surface area contributed by atoms with Gasteiger partial charge in [-0.05, 0) is 23.9 Å². The van der Waals surface area contributed by atoms with Crippen molar-refractivity contribution in [3.63, 3.8) is 0 Å². The number of thiophene rings is 1. The van der Waals surface area contributed by atoms with Crippen molar-refractivity contribution in [3.05, 3.63) is 53.4 Å². The highest BCUT2D eigenvalue weighted by atomic mass is 32.2. The molecule has 2 aromatic rings. The monoisotopic (exact) mass is 338 g/mol. The van der Waals surface area contributed by atoms with E-state index in [2.05, 4.69) is 5.32 Å². The minimum absolute atomic E-state index is 0.174. The Morgan fingerprint density at radius 3 is 2.50 bits per heavy atom. The third-order valence-electron chi connectivity index (χ3n) is 3.20. The van der Waals surface area contributed by atoms with Crippen LogP contribution >= 0.6 is 11.3 Å². The van der Waals surface area contributed by atoms with Gasteiger partial charge in [-0.3, -0.25) is 4.79 Å². The lowest BCUT2D eigenvalue weighted by atomic mass is 10.1. The second kappa shape index (κ2) is 7.04. The maximum Gasteiger partial charge on any atom is 0.252 e. The molecule has 118 valence electrons. The molecule has 0 radical (unpaired) electrons. The van der Waals surface area contributed by atoms with E-state index >= 15 is 0 Å². The van der Waals surface area contributed by atoms with Gasteiger partial charge in [-0.2, -0.15) is 4.31 Å². The molecule has 1 amide bonds. The molecule has 0 bridgehead atoms. The number of hydrogen-bond donors (Lipinski definition) is 1. The van der Waals surface area contributed by atoms with Gasteiger partial charge in [-0.25, -0.2) is 8.42 Å². The molecule has 1 aromatic carbocycles. The van der Waals surface area contributed by atoms with E-state index in [-0.39, 0.29) is 22.7 Å². The number of carbonyl (C=O) groups excluding carboxylic acids is 1. The maximum atomic E-state index is 12.2. The first-order valence-electron chi connectivity index (χ1n) is 6.75. The fraction of sp³-hybridized carbons (Fsp3) is 0.267. The minimum atomic E-state index is -3.60. The van der Waals surface area contributed by atoms with Crippen LogP contribution in [0.5, 0.6) is 0 Å². The predicted molar refractivity (Wildman–Crippen MR) is 87.1 cm³/mol. The van der Waals surface area contributed by atoms with Gasteiger partial charge in [0, 0.05) is 7.05 Å². The number of nitrogens with one attached hydrogen (secondary N) is 1. The second-order valence-electron chi connectivity index (χ2n) is 4.89. The Labute approximate surface area is 134 Å². The van der Waals surface area contributed by atoms with Crippen molar-refractivity contribution in [2.24, 2.45) is 0 Å². The Hall–Kier alpha value is -1.70. The molecule has 1 atom stereocenters. The van der Waals surface area contributed by atoms with E-state index in [0.29, 0.717) is 0 Å². The summed E-state index contributed by atoms with van der Waals surface area (Å²) < 4.78 is 25.8. The van der Waals surface area contributed by atoms with Gasteiger partial charge in [-0.15, -0.1) is 11.3 Å². The van der Waals surface area contributed by atoms with Crippen LogP contribution in [-0.2, 0) is 14.8 Å². The first-order chi connectivity index (χ1) is 10.4. The maximum absolute atomic E-state index is 12.2. The molecule has 1 heterocycles. The second-order valence-corrected chi connectivity index (χ2v) is 8.11. The molecule has 0 spiro atoms. The molecule has 0 fully saturated rings. The summed E-state index contributed by atoms with van der Waals surface area (Å²) in [6.45, 7) is 1.65. The lowest BCUT2D eigenvalue weighted by Crippen LogP contribution is -2.39. The van der Waals surface area contributed by atoms with Crippen LogP contribution in [-0.4, -0.2) is 32.2 Å². The van der Waals surface area contributed by atoms with Gasteiger partial charge in [0.2, 0.25) is 5.91 Å². The van der Waals surface area contributed by atoms with Crippen LogP contribution in [0.15, 0.2) is 52.1 Å². The molecule has 0 aliphatic rings. The highest BCUT2D eigenvalue weighted by Crippen LogP contribution is 2.19. The van der Waals surface area contributed by atoms with Gasteiger partial charge in [-0.1, -0.05) is 36.4 Å². The first kappa shape index (κ1) is 16.7. The molecule has 0 saturated carbocycles. The Morgan fingerprint density at radius 2 is 1.91 bits per heavy atom. The summed E-state index contributed by atoms with van der Waals surface area (Å²) in [6, 6.07) is 12.5. The SMILES string of the molecule is CC(NC(=O)CN(C)S(=O)(=O)c1cccs1)c1ccccc1. The number of rotatable bonds is 6. The van der Waals surface area contributed by atoms with Gasteiger partial charge in [0.05, 0.1) is 12.6 Å². The Kier molecular flexibility index (Phi) is 5.33. The molecule has 22 heavy (non-hydrogen) atoms. The zero-order valence-electron chi connectivity index (χ0n) is 12.4. The fourth-order valence-corrected chi connectivity index (χ4v) is 4.29. The van der Waals surface area contributed by atoms with Crippen molar-refractivity contribution in [2.75, 3.05) is 13.6 Å². The predicted octanol–water partition coefficient (Wildman–Crippen LogP) is 2.25. The third kappa shape index (κ3) is 3.94. The van der Waals surface area contributed by atoms with Crippen LogP contribution in [0.1, 0.15) is 18.5 Å². The van der Waals surface area contributed by atoms with E-state index in [4.69, 9.17) is 0 Å². The van der Waals surface area contributed by atoms with E-state index < -0.39 is 10.0 Å². The summed E-state index contributed by atoms with van der Waals surface area (Å²) in [5, 5.41) is 4.50. The molecule has 1 unspecified atom stereocenters. The van der Waals surface area contributed by atoms with E-state index in [0.717, 1.165) is 21.2 Å². The highest BCUT2D eigenvalue weighted by Gasteiger charge is 2.24. The number of benzene rings is 1. The quantitative estimate of drug-likeness (QED) is 0.878. The van der Waals surface area contributed by atoms with E-state index in [9.17, 15) is 13.2 Å². The number of likely N-dealkylation sites (N-methyl/N-ethyl adjacent to an activating group) is 1. The van der Waals surface area contributed by atoms with Crippen molar-refractivity contribution in [1.29, 1.82) is 0 Å². The summed E-state index contributed by atoms with van der Waals surface area (Å²) in [4.78, 5) is 12.0. The molecular formula is C15H18N2O3S2. The van der Waals surface area contributed by atoms with Crippen LogP contribution in [0, 0.1) is 0 Å². The van der Waals surface area contributed by atoms with Crippen molar-refractivity contribution in [3.8, 4) is 0 Å². The van der Waals surface area contributed by atoms with Gasteiger partial charge in [0.15, 0.2) is 0 Å². The summed E-state index contributed by atoms with van der Waals surface area (Å²) in [7, 11) is -2.20. The number of amides is 1. The zero-order chi connectivity index (χ0) is 16.2. The van der Waals surface area contributed by atoms with E-state index in [1.807, 2.05) is 37.3 Å². The van der Waals surface area contributed by atoms with E-state index in [1.165, 1.54) is 13.1 Å². The zero-order valence-corrected chi connectivity index (χ0v) is 14.0. The van der Waals surface area contributed by atoms with Crippen LogP contribution < -0.4 is 5.32 Å². The minimum Gasteiger partial charge on any atom is -0.348 e. The molecule has 7 heteroatoms. The number of hydrogen-bond acceptors (Lipinski definition) is 4. The molecule has 0 aliphatic heterocycles. The van der Waals surface area contributed by atoms with Gasteiger partial charge < -0.3 is 5.32 Å². The fourth-order valence-electron chi connectivity index (χ4n) is 1.96. The highest BCUT2D eigenvalue weighted by molar-refractivity contribution is 7.91. The number of nitrogens with zero attached hydrogens (tertiary/aromatic N) is 1. The first-order valence-corrected chi connectivity index (χ1v) is 9.07. The Bertz CT molecular complexity index is 713. The average Bonchev–Trinajstić information content (AvgIpc) is 3.02. The number of sulfonamides is 1. The topological polar surface area (TPSA) is 66.5 Å². The summed E-state index contributed by atoms with van der Waals surface area (Å²) in [5.41, 5.74) is 0.972. The molecule has 0 saturated heterocycles. The summed E-state index contributed by atoms with van der Waals surface area (Å²) in [6.07, 6.45) is 0. The average molecular weight is 338 g/mol. The van der Waals surface area contributed by atoms with Gasteiger partial charge in [0.25, 0.3) is 10.0 Å².